The Balaban J connectivity index is 1.81. The van der Waals surface area contributed by atoms with Crippen LogP contribution in [-0.2, 0) is 4.79 Å². The number of aromatic nitrogens is 1. The molecule has 2 heterocycles. The van der Waals surface area contributed by atoms with E-state index in [4.69, 9.17) is 12.2 Å². The van der Waals surface area contributed by atoms with Crippen LogP contribution in [0.4, 0.5) is 0 Å². The van der Waals surface area contributed by atoms with Gasteiger partial charge in [0.2, 0.25) is 0 Å². The third-order valence-corrected chi connectivity index (χ3v) is 5.08. The van der Waals surface area contributed by atoms with Crippen LogP contribution in [0.2, 0.25) is 0 Å². The van der Waals surface area contributed by atoms with Gasteiger partial charge in [0.25, 0.3) is 5.91 Å². The van der Waals surface area contributed by atoms with Gasteiger partial charge >= 0.3 is 0 Å². The van der Waals surface area contributed by atoms with Crippen LogP contribution >= 0.6 is 24.0 Å². The minimum Gasteiger partial charge on any atom is -0.290 e. The molecule has 0 unspecified atom stereocenters. The van der Waals surface area contributed by atoms with Gasteiger partial charge in [-0.25, -0.2) is 0 Å². The lowest BCUT2D eigenvalue weighted by atomic mass is 9.94. The van der Waals surface area contributed by atoms with Crippen molar-refractivity contribution < 1.29 is 4.79 Å². The van der Waals surface area contributed by atoms with Gasteiger partial charge in [0.15, 0.2) is 0 Å². The van der Waals surface area contributed by atoms with Crippen LogP contribution in [0.5, 0.6) is 0 Å². The normalized spacial score (nSPS) is 22.8. The van der Waals surface area contributed by atoms with E-state index in [0.717, 1.165) is 18.4 Å². The fourth-order valence-electron chi connectivity index (χ4n) is 2.75. The van der Waals surface area contributed by atoms with E-state index in [0.29, 0.717) is 15.3 Å². The van der Waals surface area contributed by atoms with Gasteiger partial charge in [-0.1, -0.05) is 49.3 Å². The lowest BCUT2D eigenvalue weighted by Gasteiger charge is -2.29. The SMILES string of the molecule is O=C1/C(=C/c2cccnc2)SC(=S)N1C1CCCCC1. The molecule has 0 bridgehead atoms. The second kappa shape index (κ2) is 6.06. The molecule has 3 nitrogen and oxygen atoms in total. The van der Waals surface area contributed by atoms with E-state index in [1.807, 2.05) is 23.1 Å². The van der Waals surface area contributed by atoms with Crippen molar-refractivity contribution in [3.63, 3.8) is 0 Å². The Labute approximate surface area is 128 Å². The average molecular weight is 304 g/mol. The molecule has 104 valence electrons. The van der Waals surface area contributed by atoms with Gasteiger partial charge in [0.1, 0.15) is 4.32 Å². The lowest BCUT2D eigenvalue weighted by molar-refractivity contribution is -0.124. The third kappa shape index (κ3) is 2.79. The zero-order chi connectivity index (χ0) is 13.9. The molecular weight excluding hydrogens is 288 g/mol. The van der Waals surface area contributed by atoms with Crippen molar-refractivity contribution in [2.45, 2.75) is 38.1 Å². The maximum Gasteiger partial charge on any atom is 0.266 e. The Morgan fingerprint density at radius 3 is 2.85 bits per heavy atom. The summed E-state index contributed by atoms with van der Waals surface area (Å²) in [6.45, 7) is 0. The summed E-state index contributed by atoms with van der Waals surface area (Å²) in [7, 11) is 0. The molecule has 1 aromatic heterocycles. The maximum absolute atomic E-state index is 12.5. The quantitative estimate of drug-likeness (QED) is 0.617. The second-order valence-corrected chi connectivity index (χ2v) is 6.81. The number of thioether (sulfide) groups is 1. The zero-order valence-electron chi connectivity index (χ0n) is 11.1. The number of hydrogen-bond donors (Lipinski definition) is 0. The number of amides is 1. The zero-order valence-corrected chi connectivity index (χ0v) is 12.8. The molecule has 2 aliphatic rings. The van der Waals surface area contributed by atoms with Gasteiger partial charge in [0, 0.05) is 18.4 Å². The molecule has 1 saturated carbocycles. The van der Waals surface area contributed by atoms with E-state index in [9.17, 15) is 4.79 Å². The molecule has 3 rings (SSSR count). The number of nitrogens with zero attached hydrogens (tertiary/aromatic N) is 2. The highest BCUT2D eigenvalue weighted by Crippen LogP contribution is 2.37. The summed E-state index contributed by atoms with van der Waals surface area (Å²) in [4.78, 5) is 19.2. The van der Waals surface area contributed by atoms with Gasteiger partial charge in [-0.3, -0.25) is 14.7 Å². The van der Waals surface area contributed by atoms with Crippen molar-refractivity contribution >= 4 is 40.3 Å². The summed E-state index contributed by atoms with van der Waals surface area (Å²) in [5.41, 5.74) is 0.941. The first-order valence-electron chi connectivity index (χ1n) is 6.93. The number of pyridine rings is 1. The minimum absolute atomic E-state index is 0.0655. The molecule has 0 atom stereocenters. The smallest absolute Gasteiger partial charge is 0.266 e. The molecule has 1 saturated heterocycles. The number of thiocarbonyl (C=S) groups is 1. The molecule has 1 aliphatic heterocycles. The average Bonchev–Trinajstić information content (AvgIpc) is 2.75. The van der Waals surface area contributed by atoms with Gasteiger partial charge in [-0.05, 0) is 30.5 Å². The minimum atomic E-state index is 0.0655. The highest BCUT2D eigenvalue weighted by molar-refractivity contribution is 8.26. The Kier molecular flexibility index (Phi) is 4.17. The Bertz CT molecular complexity index is 550. The molecule has 1 aliphatic carbocycles. The molecular formula is C15H16N2OS2. The molecule has 0 aromatic carbocycles. The maximum atomic E-state index is 12.5. The Hall–Kier alpha value is -1.20. The van der Waals surface area contributed by atoms with E-state index >= 15 is 0 Å². The summed E-state index contributed by atoms with van der Waals surface area (Å²) in [5, 5.41) is 0. The van der Waals surface area contributed by atoms with Crippen LogP contribution in [0, 0.1) is 0 Å². The lowest BCUT2D eigenvalue weighted by Crippen LogP contribution is -2.39. The van der Waals surface area contributed by atoms with Gasteiger partial charge in [0.05, 0.1) is 4.91 Å². The molecule has 20 heavy (non-hydrogen) atoms. The fourth-order valence-corrected chi connectivity index (χ4v) is 4.15. The first-order valence-corrected chi connectivity index (χ1v) is 8.15. The van der Waals surface area contributed by atoms with Crippen molar-refractivity contribution in [2.75, 3.05) is 0 Å². The van der Waals surface area contributed by atoms with Crippen molar-refractivity contribution in [2.24, 2.45) is 0 Å². The van der Waals surface area contributed by atoms with Crippen LogP contribution in [0.3, 0.4) is 0 Å². The number of carbonyl (C=O) groups is 1. The standard InChI is InChI=1S/C15H16N2OS2/c18-14-13(9-11-5-4-8-16-10-11)20-15(19)17(14)12-6-2-1-3-7-12/h4-5,8-10,12H,1-3,6-7H2/b13-9-. The first kappa shape index (κ1) is 13.8. The number of carbonyl (C=O) groups excluding carboxylic acids is 1. The summed E-state index contributed by atoms with van der Waals surface area (Å²) < 4.78 is 0.706. The van der Waals surface area contributed by atoms with Crippen LogP contribution < -0.4 is 0 Å². The van der Waals surface area contributed by atoms with Crippen molar-refractivity contribution in [3.05, 3.63) is 35.0 Å². The number of hydrogen-bond acceptors (Lipinski definition) is 4. The summed E-state index contributed by atoms with van der Waals surface area (Å²) >= 11 is 6.81. The molecule has 0 spiro atoms. The van der Waals surface area contributed by atoms with Gasteiger partial charge in [-0.15, -0.1) is 0 Å². The third-order valence-electron chi connectivity index (χ3n) is 3.75. The monoisotopic (exact) mass is 304 g/mol. The molecule has 1 aromatic rings. The van der Waals surface area contributed by atoms with Crippen molar-refractivity contribution in [1.29, 1.82) is 0 Å². The Morgan fingerprint density at radius 2 is 2.15 bits per heavy atom. The van der Waals surface area contributed by atoms with Gasteiger partial charge < -0.3 is 0 Å². The van der Waals surface area contributed by atoms with Crippen LogP contribution in [0.25, 0.3) is 6.08 Å². The molecule has 1 amide bonds. The highest BCUT2D eigenvalue weighted by atomic mass is 32.2. The molecule has 0 radical (unpaired) electrons. The van der Waals surface area contributed by atoms with Crippen LogP contribution in [0.1, 0.15) is 37.7 Å². The fraction of sp³-hybridized carbons (Fsp3) is 0.400. The van der Waals surface area contributed by atoms with E-state index in [-0.39, 0.29) is 5.91 Å². The van der Waals surface area contributed by atoms with E-state index in [1.54, 1.807) is 12.4 Å². The van der Waals surface area contributed by atoms with Crippen LogP contribution in [0.15, 0.2) is 29.4 Å². The van der Waals surface area contributed by atoms with Crippen molar-refractivity contribution in [1.82, 2.24) is 9.88 Å². The summed E-state index contributed by atoms with van der Waals surface area (Å²) in [5.74, 6) is 0.0655. The molecule has 2 fully saturated rings. The topological polar surface area (TPSA) is 33.2 Å². The largest absolute Gasteiger partial charge is 0.290 e. The second-order valence-electron chi connectivity index (χ2n) is 5.13. The molecule has 5 heteroatoms. The predicted molar refractivity (Wildman–Crippen MR) is 86.1 cm³/mol. The Morgan fingerprint density at radius 1 is 1.35 bits per heavy atom. The van der Waals surface area contributed by atoms with E-state index < -0.39 is 0 Å². The number of rotatable bonds is 2. The highest BCUT2D eigenvalue weighted by Gasteiger charge is 2.37. The predicted octanol–water partition coefficient (Wildman–Crippen LogP) is 3.62. The van der Waals surface area contributed by atoms with Crippen LogP contribution in [-0.4, -0.2) is 26.2 Å². The first-order chi connectivity index (χ1) is 9.75. The summed E-state index contributed by atoms with van der Waals surface area (Å²) in [6.07, 6.45) is 11.2. The summed E-state index contributed by atoms with van der Waals surface area (Å²) in [6, 6.07) is 4.12. The van der Waals surface area contributed by atoms with Gasteiger partial charge in [-0.2, -0.15) is 0 Å². The molecule has 0 N–H and O–H groups in total. The van der Waals surface area contributed by atoms with E-state index in [2.05, 4.69) is 4.98 Å². The van der Waals surface area contributed by atoms with Crippen molar-refractivity contribution in [3.8, 4) is 0 Å². The van der Waals surface area contributed by atoms with E-state index in [1.165, 1.54) is 31.0 Å².